The van der Waals surface area contributed by atoms with E-state index in [1.807, 2.05) is 62.6 Å². The molecule has 1 aliphatic heterocycles. The predicted molar refractivity (Wildman–Crippen MR) is 142 cm³/mol. The van der Waals surface area contributed by atoms with E-state index in [9.17, 15) is 17.6 Å². The SMILES string of the molecule is CCS(=O)(=O)NCc1cccc(/C(Nc2ccc(CN(C)C)cc2)=C2/C(=O)Nc3cc(F)ccc32)c1. The second kappa shape index (κ2) is 10.6. The Hall–Kier alpha value is -3.53. The summed E-state index contributed by atoms with van der Waals surface area (Å²) in [6.07, 6.45) is 0. The summed E-state index contributed by atoms with van der Waals surface area (Å²) in [5, 5.41) is 6.14. The van der Waals surface area contributed by atoms with Crippen molar-refractivity contribution in [3.8, 4) is 0 Å². The molecule has 0 atom stereocenters. The van der Waals surface area contributed by atoms with Crippen LogP contribution < -0.4 is 15.4 Å². The highest BCUT2D eigenvalue weighted by Crippen LogP contribution is 2.38. The number of nitrogens with zero attached hydrogens (tertiary/aromatic N) is 1. The number of carbonyl (C=O) groups is 1. The Bertz CT molecular complexity index is 1420. The third-order valence-corrected chi connectivity index (χ3v) is 7.13. The number of hydrogen-bond donors (Lipinski definition) is 3. The average molecular weight is 509 g/mol. The van der Waals surface area contributed by atoms with Gasteiger partial charge in [-0.1, -0.05) is 30.3 Å². The van der Waals surface area contributed by atoms with Crippen LogP contribution in [0.3, 0.4) is 0 Å². The first-order valence-corrected chi connectivity index (χ1v) is 13.2. The maximum Gasteiger partial charge on any atom is 0.258 e. The zero-order chi connectivity index (χ0) is 25.9. The summed E-state index contributed by atoms with van der Waals surface area (Å²) in [5.41, 5.74) is 5.27. The number of benzene rings is 3. The fraction of sp³-hybridized carbons (Fsp3) is 0.222. The van der Waals surface area contributed by atoms with Crippen LogP contribution in [0.15, 0.2) is 66.7 Å². The van der Waals surface area contributed by atoms with E-state index in [2.05, 4.69) is 20.3 Å². The molecule has 0 radical (unpaired) electrons. The van der Waals surface area contributed by atoms with Gasteiger partial charge in [0.15, 0.2) is 0 Å². The van der Waals surface area contributed by atoms with E-state index in [1.165, 1.54) is 12.1 Å². The summed E-state index contributed by atoms with van der Waals surface area (Å²) < 4.78 is 40.3. The molecule has 7 nitrogen and oxygen atoms in total. The highest BCUT2D eigenvalue weighted by molar-refractivity contribution is 7.89. The van der Waals surface area contributed by atoms with E-state index < -0.39 is 15.8 Å². The van der Waals surface area contributed by atoms with Crippen molar-refractivity contribution in [2.24, 2.45) is 0 Å². The van der Waals surface area contributed by atoms with Gasteiger partial charge in [0.2, 0.25) is 10.0 Å². The highest BCUT2D eigenvalue weighted by Gasteiger charge is 2.29. The number of hydrogen-bond acceptors (Lipinski definition) is 5. The Balaban J connectivity index is 1.77. The lowest BCUT2D eigenvalue weighted by Gasteiger charge is -2.17. The van der Waals surface area contributed by atoms with E-state index in [0.29, 0.717) is 28.1 Å². The number of nitrogens with one attached hydrogen (secondary N) is 3. The summed E-state index contributed by atoms with van der Waals surface area (Å²) in [7, 11) is 0.641. The number of rotatable bonds is 9. The molecule has 3 aromatic carbocycles. The van der Waals surface area contributed by atoms with Crippen LogP contribution in [-0.4, -0.2) is 39.1 Å². The second-order valence-electron chi connectivity index (χ2n) is 8.88. The van der Waals surface area contributed by atoms with Gasteiger partial charge >= 0.3 is 0 Å². The second-order valence-corrected chi connectivity index (χ2v) is 11.0. The Morgan fingerprint density at radius 1 is 1.00 bits per heavy atom. The zero-order valence-corrected chi connectivity index (χ0v) is 21.2. The van der Waals surface area contributed by atoms with Crippen LogP contribution in [-0.2, 0) is 27.9 Å². The van der Waals surface area contributed by atoms with Crippen molar-refractivity contribution in [2.75, 3.05) is 30.5 Å². The van der Waals surface area contributed by atoms with Crippen LogP contribution in [0.25, 0.3) is 11.3 Å². The first-order chi connectivity index (χ1) is 17.1. The van der Waals surface area contributed by atoms with Crippen LogP contribution >= 0.6 is 0 Å². The maximum absolute atomic E-state index is 13.8. The zero-order valence-electron chi connectivity index (χ0n) is 20.4. The van der Waals surface area contributed by atoms with Gasteiger partial charge in [0.05, 0.1) is 22.7 Å². The molecule has 4 rings (SSSR count). The topological polar surface area (TPSA) is 90.5 Å². The number of halogens is 1. The van der Waals surface area contributed by atoms with Gasteiger partial charge in [0.25, 0.3) is 5.91 Å². The number of anilines is 2. The van der Waals surface area contributed by atoms with Gasteiger partial charge < -0.3 is 15.5 Å². The van der Waals surface area contributed by atoms with Crippen LogP contribution in [0.2, 0.25) is 0 Å². The van der Waals surface area contributed by atoms with Gasteiger partial charge in [0, 0.05) is 24.3 Å². The lowest BCUT2D eigenvalue weighted by atomic mass is 9.98. The van der Waals surface area contributed by atoms with E-state index in [0.717, 1.165) is 23.4 Å². The lowest BCUT2D eigenvalue weighted by molar-refractivity contribution is -0.110. The van der Waals surface area contributed by atoms with Crippen molar-refractivity contribution in [3.63, 3.8) is 0 Å². The standard InChI is InChI=1S/C27H29FN4O3S/c1-4-36(34,35)29-16-19-6-5-7-20(14-19)26(30-22-11-8-18(9-12-22)17-32(2)3)25-23-13-10-21(28)15-24(23)31-27(25)33/h5-15,29-30H,4,16-17H2,1-3H3,(H,31,33)/b26-25-. The first kappa shape index (κ1) is 25.6. The molecule has 9 heteroatoms. The Kier molecular flexibility index (Phi) is 7.53. The molecule has 1 aliphatic rings. The van der Waals surface area contributed by atoms with E-state index >= 15 is 0 Å². The van der Waals surface area contributed by atoms with E-state index in [4.69, 9.17) is 0 Å². The molecule has 3 aromatic rings. The molecule has 1 heterocycles. The van der Waals surface area contributed by atoms with Crippen molar-refractivity contribution in [2.45, 2.75) is 20.0 Å². The van der Waals surface area contributed by atoms with Gasteiger partial charge in [-0.3, -0.25) is 4.79 Å². The maximum atomic E-state index is 13.8. The molecular weight excluding hydrogens is 479 g/mol. The minimum atomic E-state index is -3.36. The third kappa shape index (κ3) is 5.99. The fourth-order valence-corrected chi connectivity index (χ4v) is 4.60. The quantitative estimate of drug-likeness (QED) is 0.376. The lowest BCUT2D eigenvalue weighted by Crippen LogP contribution is -2.24. The largest absolute Gasteiger partial charge is 0.354 e. The van der Waals surface area contributed by atoms with Crippen molar-refractivity contribution >= 4 is 38.6 Å². The van der Waals surface area contributed by atoms with Gasteiger partial charge in [-0.05, 0) is 74.1 Å². The Morgan fingerprint density at radius 3 is 2.44 bits per heavy atom. The minimum Gasteiger partial charge on any atom is -0.354 e. The molecule has 0 bridgehead atoms. The monoisotopic (exact) mass is 508 g/mol. The highest BCUT2D eigenvalue weighted by atomic mass is 32.2. The normalized spacial score (nSPS) is 14.5. The molecule has 3 N–H and O–H groups in total. The molecule has 0 saturated heterocycles. The van der Waals surface area contributed by atoms with Crippen LogP contribution in [0.4, 0.5) is 15.8 Å². The van der Waals surface area contributed by atoms with Gasteiger partial charge in [-0.15, -0.1) is 0 Å². The molecule has 0 saturated carbocycles. The summed E-state index contributed by atoms with van der Waals surface area (Å²) in [4.78, 5) is 15.2. The van der Waals surface area contributed by atoms with Crippen molar-refractivity contribution in [1.82, 2.24) is 9.62 Å². The summed E-state index contributed by atoms with van der Waals surface area (Å²) in [6, 6.07) is 19.4. The minimum absolute atomic E-state index is 0.0130. The Morgan fingerprint density at radius 2 is 1.75 bits per heavy atom. The smallest absolute Gasteiger partial charge is 0.258 e. The third-order valence-electron chi connectivity index (χ3n) is 5.79. The number of amides is 1. The van der Waals surface area contributed by atoms with Crippen molar-refractivity contribution in [1.29, 1.82) is 0 Å². The van der Waals surface area contributed by atoms with Crippen molar-refractivity contribution in [3.05, 3.63) is 94.8 Å². The molecule has 188 valence electrons. The van der Waals surface area contributed by atoms with Crippen LogP contribution in [0.1, 0.15) is 29.2 Å². The molecule has 0 aliphatic carbocycles. The number of sulfonamides is 1. The molecule has 0 aromatic heterocycles. The molecular formula is C27H29FN4O3S. The molecule has 36 heavy (non-hydrogen) atoms. The molecule has 0 unspecified atom stereocenters. The number of fused-ring (bicyclic) bond motifs is 1. The van der Waals surface area contributed by atoms with E-state index in [-0.39, 0.29) is 18.2 Å². The van der Waals surface area contributed by atoms with Crippen molar-refractivity contribution < 1.29 is 17.6 Å². The van der Waals surface area contributed by atoms with Crippen LogP contribution in [0.5, 0.6) is 0 Å². The number of carbonyl (C=O) groups excluding carboxylic acids is 1. The first-order valence-electron chi connectivity index (χ1n) is 11.6. The van der Waals surface area contributed by atoms with E-state index in [1.54, 1.807) is 13.0 Å². The van der Waals surface area contributed by atoms with Crippen LogP contribution in [0, 0.1) is 5.82 Å². The molecule has 1 amide bonds. The van der Waals surface area contributed by atoms with Gasteiger partial charge in [-0.25, -0.2) is 17.5 Å². The van der Waals surface area contributed by atoms with Gasteiger partial charge in [-0.2, -0.15) is 0 Å². The van der Waals surface area contributed by atoms with Gasteiger partial charge in [0.1, 0.15) is 5.82 Å². The summed E-state index contributed by atoms with van der Waals surface area (Å²) in [5.74, 6) is -0.799. The summed E-state index contributed by atoms with van der Waals surface area (Å²) in [6.45, 7) is 2.50. The molecule has 0 spiro atoms. The Labute approximate surface area is 211 Å². The average Bonchev–Trinajstić information content (AvgIpc) is 3.16. The predicted octanol–water partition coefficient (Wildman–Crippen LogP) is 4.26. The molecule has 0 fully saturated rings. The summed E-state index contributed by atoms with van der Waals surface area (Å²) >= 11 is 0. The fourth-order valence-electron chi connectivity index (χ4n) is 4.01.